The fourth-order valence-electron chi connectivity index (χ4n) is 3.96. The van der Waals surface area contributed by atoms with Crippen molar-refractivity contribution < 1.29 is 8.42 Å². The molecule has 0 aliphatic heterocycles. The van der Waals surface area contributed by atoms with Gasteiger partial charge >= 0.3 is 0 Å². The number of hydrogen-bond acceptors (Lipinski definition) is 2. The van der Waals surface area contributed by atoms with Gasteiger partial charge < -0.3 is 0 Å². The van der Waals surface area contributed by atoms with Gasteiger partial charge in [0, 0.05) is 6.26 Å². The van der Waals surface area contributed by atoms with Crippen LogP contribution in [0.25, 0.3) is 0 Å². The Hall–Kier alpha value is -0.830. The van der Waals surface area contributed by atoms with Crippen LogP contribution in [0.5, 0.6) is 0 Å². The van der Waals surface area contributed by atoms with Gasteiger partial charge in [-0.15, -0.1) is 0 Å². The molecule has 0 saturated heterocycles. The third-order valence-electron chi connectivity index (χ3n) is 5.45. The Morgan fingerprint density at radius 2 is 1.76 bits per heavy atom. The smallest absolute Gasteiger partial charge is 0.175 e. The van der Waals surface area contributed by atoms with Crippen LogP contribution in [0.3, 0.4) is 0 Å². The molecule has 3 atom stereocenters. The van der Waals surface area contributed by atoms with Crippen molar-refractivity contribution in [1.29, 1.82) is 0 Å². The van der Waals surface area contributed by atoms with Gasteiger partial charge in [0.25, 0.3) is 0 Å². The van der Waals surface area contributed by atoms with Gasteiger partial charge in [-0.05, 0) is 79.9 Å². The van der Waals surface area contributed by atoms with E-state index in [1.54, 1.807) is 12.1 Å². The summed E-state index contributed by atoms with van der Waals surface area (Å²) in [6, 6.07) is 7.58. The molecule has 2 fully saturated rings. The normalized spacial score (nSPS) is 27.7. The van der Waals surface area contributed by atoms with Gasteiger partial charge in [-0.3, -0.25) is 0 Å². The van der Waals surface area contributed by atoms with Crippen molar-refractivity contribution in [3.8, 4) is 0 Å². The zero-order chi connectivity index (χ0) is 15.0. The van der Waals surface area contributed by atoms with E-state index >= 15 is 0 Å². The Kier molecular flexibility index (Phi) is 4.13. The summed E-state index contributed by atoms with van der Waals surface area (Å²) in [5, 5.41) is 0. The number of hydrogen-bond donors (Lipinski definition) is 0. The minimum Gasteiger partial charge on any atom is -0.224 e. The van der Waals surface area contributed by atoms with E-state index < -0.39 is 9.84 Å². The van der Waals surface area contributed by atoms with E-state index in [-0.39, 0.29) is 0 Å². The standard InChI is InChI=1S/C18H26O2S/c1-13(15-5-6-15)11-14-3-4-17(12-14)16-7-9-18(10-8-16)21(2,19)20/h7-10,13-15,17H,3-6,11-12H2,1-2H3/t13-,14?,17-/m0/s1. The Morgan fingerprint density at radius 3 is 2.33 bits per heavy atom. The van der Waals surface area contributed by atoms with Crippen LogP contribution >= 0.6 is 0 Å². The highest BCUT2D eigenvalue weighted by atomic mass is 32.2. The van der Waals surface area contributed by atoms with E-state index in [1.165, 1.54) is 50.3 Å². The molecule has 2 aliphatic carbocycles. The molecule has 2 nitrogen and oxygen atoms in total. The van der Waals surface area contributed by atoms with Crippen LogP contribution in [0.1, 0.15) is 56.9 Å². The molecule has 0 N–H and O–H groups in total. The molecule has 3 heteroatoms. The lowest BCUT2D eigenvalue weighted by molar-refractivity contribution is 0.363. The second kappa shape index (κ2) is 5.75. The number of sulfone groups is 1. The predicted octanol–water partition coefficient (Wildman–Crippen LogP) is 4.41. The molecule has 0 heterocycles. The maximum absolute atomic E-state index is 11.5. The molecule has 3 rings (SSSR count). The zero-order valence-electron chi connectivity index (χ0n) is 13.1. The SMILES string of the molecule is C[C@@H](CC1CC[C@H](c2ccc(S(C)(=O)=O)cc2)C1)C1CC1. The van der Waals surface area contributed by atoms with Crippen molar-refractivity contribution in [3.05, 3.63) is 29.8 Å². The molecule has 2 saturated carbocycles. The largest absolute Gasteiger partial charge is 0.224 e. The highest BCUT2D eigenvalue weighted by molar-refractivity contribution is 7.90. The van der Waals surface area contributed by atoms with Gasteiger partial charge in [0.15, 0.2) is 9.84 Å². The minimum absolute atomic E-state index is 0.433. The van der Waals surface area contributed by atoms with Crippen LogP contribution in [-0.4, -0.2) is 14.7 Å². The molecule has 0 amide bonds. The maximum Gasteiger partial charge on any atom is 0.175 e. The highest BCUT2D eigenvalue weighted by Crippen LogP contribution is 2.45. The summed E-state index contributed by atoms with van der Waals surface area (Å²) < 4.78 is 23.0. The van der Waals surface area contributed by atoms with Crippen molar-refractivity contribution in [1.82, 2.24) is 0 Å². The van der Waals surface area contributed by atoms with Crippen LogP contribution in [0.15, 0.2) is 29.2 Å². The molecular weight excluding hydrogens is 280 g/mol. The predicted molar refractivity (Wildman–Crippen MR) is 86.1 cm³/mol. The molecule has 0 bridgehead atoms. The highest BCUT2D eigenvalue weighted by Gasteiger charge is 2.32. The molecule has 0 aromatic heterocycles. The van der Waals surface area contributed by atoms with Crippen molar-refractivity contribution in [2.45, 2.75) is 56.3 Å². The Labute approximate surface area is 128 Å². The molecule has 2 aliphatic rings. The molecule has 1 aromatic carbocycles. The monoisotopic (exact) mass is 306 g/mol. The van der Waals surface area contributed by atoms with E-state index in [4.69, 9.17) is 0 Å². The summed E-state index contributed by atoms with van der Waals surface area (Å²) >= 11 is 0. The quantitative estimate of drug-likeness (QED) is 0.807. The van der Waals surface area contributed by atoms with Gasteiger partial charge in [-0.2, -0.15) is 0 Å². The molecular formula is C18H26O2S. The molecule has 0 radical (unpaired) electrons. The molecule has 1 aromatic rings. The van der Waals surface area contributed by atoms with Crippen molar-refractivity contribution in [2.75, 3.05) is 6.26 Å². The van der Waals surface area contributed by atoms with E-state index in [2.05, 4.69) is 6.92 Å². The Bertz CT molecular complexity index is 584. The van der Waals surface area contributed by atoms with E-state index in [9.17, 15) is 8.42 Å². The van der Waals surface area contributed by atoms with Crippen LogP contribution in [0.2, 0.25) is 0 Å². The molecule has 0 spiro atoms. The number of rotatable bonds is 5. The lowest BCUT2D eigenvalue weighted by atomic mass is 9.89. The summed E-state index contributed by atoms with van der Waals surface area (Å²) in [7, 11) is -3.07. The van der Waals surface area contributed by atoms with Gasteiger partial charge in [-0.1, -0.05) is 19.1 Å². The first-order chi connectivity index (χ1) is 9.93. The average Bonchev–Trinajstić information content (AvgIpc) is 3.19. The van der Waals surface area contributed by atoms with Gasteiger partial charge in [0.05, 0.1) is 4.90 Å². The lowest BCUT2D eigenvalue weighted by Gasteiger charge is -2.16. The third kappa shape index (κ3) is 3.68. The Balaban J connectivity index is 1.60. The summed E-state index contributed by atoms with van der Waals surface area (Å²) in [6.07, 6.45) is 9.45. The first kappa shape index (κ1) is 15.1. The topological polar surface area (TPSA) is 34.1 Å². The second-order valence-corrected chi connectivity index (χ2v) is 9.28. The van der Waals surface area contributed by atoms with Gasteiger partial charge in [0.1, 0.15) is 0 Å². The van der Waals surface area contributed by atoms with Crippen LogP contribution < -0.4 is 0 Å². The average molecular weight is 306 g/mol. The van der Waals surface area contributed by atoms with E-state index in [1.807, 2.05) is 12.1 Å². The zero-order valence-corrected chi connectivity index (χ0v) is 13.9. The van der Waals surface area contributed by atoms with Gasteiger partial charge in [0.2, 0.25) is 0 Å². The van der Waals surface area contributed by atoms with Crippen molar-refractivity contribution in [3.63, 3.8) is 0 Å². The van der Waals surface area contributed by atoms with Crippen molar-refractivity contribution >= 4 is 9.84 Å². The first-order valence-corrected chi connectivity index (χ1v) is 10.1. The fourth-order valence-corrected chi connectivity index (χ4v) is 4.59. The minimum atomic E-state index is -3.07. The molecule has 1 unspecified atom stereocenters. The maximum atomic E-state index is 11.5. The summed E-state index contributed by atoms with van der Waals surface area (Å²) in [6.45, 7) is 2.42. The Morgan fingerprint density at radius 1 is 1.10 bits per heavy atom. The third-order valence-corrected chi connectivity index (χ3v) is 6.58. The summed E-state index contributed by atoms with van der Waals surface area (Å²) in [4.78, 5) is 0.433. The number of benzene rings is 1. The lowest BCUT2D eigenvalue weighted by Crippen LogP contribution is -2.05. The van der Waals surface area contributed by atoms with Gasteiger partial charge in [-0.25, -0.2) is 8.42 Å². The summed E-state index contributed by atoms with van der Waals surface area (Å²) in [5.41, 5.74) is 1.32. The second-order valence-electron chi connectivity index (χ2n) is 7.27. The van der Waals surface area contributed by atoms with E-state index in [0.29, 0.717) is 10.8 Å². The molecule has 116 valence electrons. The van der Waals surface area contributed by atoms with E-state index in [0.717, 1.165) is 17.8 Å². The first-order valence-electron chi connectivity index (χ1n) is 8.23. The van der Waals surface area contributed by atoms with Crippen LogP contribution in [0.4, 0.5) is 0 Å². The van der Waals surface area contributed by atoms with Crippen molar-refractivity contribution in [2.24, 2.45) is 17.8 Å². The molecule has 21 heavy (non-hydrogen) atoms. The van der Waals surface area contributed by atoms with Crippen LogP contribution in [0, 0.1) is 17.8 Å². The summed E-state index contributed by atoms with van der Waals surface area (Å²) in [5.74, 6) is 3.43. The fraction of sp³-hybridized carbons (Fsp3) is 0.667. The van der Waals surface area contributed by atoms with Crippen LogP contribution in [-0.2, 0) is 9.84 Å².